The summed E-state index contributed by atoms with van der Waals surface area (Å²) < 4.78 is 30.5. The molecule has 0 aliphatic carbocycles. The van der Waals surface area contributed by atoms with Crippen LogP contribution < -0.4 is 5.32 Å². The van der Waals surface area contributed by atoms with Crippen LogP contribution in [0.1, 0.15) is 245 Å². The maximum atomic E-state index is 13.5. The summed E-state index contributed by atoms with van der Waals surface area (Å²) in [7, 11) is 1.47. The fourth-order valence-electron chi connectivity index (χ4n) is 7.81. The number of hydrogen-bond donors (Lipinski definition) is 2. The molecule has 0 bridgehead atoms. The molecule has 1 amide bonds. The van der Waals surface area contributed by atoms with Crippen LogP contribution in [0.5, 0.6) is 0 Å². The molecule has 0 aromatic rings. The summed E-state index contributed by atoms with van der Waals surface area (Å²) >= 11 is 0. The summed E-state index contributed by atoms with van der Waals surface area (Å²) in [5.41, 5.74) is 0. The van der Waals surface area contributed by atoms with Crippen LogP contribution in [-0.4, -0.2) is 74.3 Å². The first-order valence-electron chi connectivity index (χ1n) is 28.1. The molecule has 0 heterocycles. The number of allylic oxidation sites excluding steroid dienone is 9. The predicted octanol–water partition coefficient (Wildman–Crippen LogP) is 16.7. The first kappa shape index (κ1) is 65.7. The fourth-order valence-corrected chi connectivity index (χ4v) is 8.55. The third-order valence-electron chi connectivity index (χ3n) is 12.2. The number of carbonyl (C=O) groups excluding carboxylic acids is 2. The molecule has 0 saturated carbocycles. The number of amides is 1. The van der Waals surface area contributed by atoms with Crippen LogP contribution in [0.4, 0.5) is 0 Å². The summed E-state index contributed by atoms with van der Waals surface area (Å²) in [6, 6.07) is -0.867. The normalized spacial score (nSPS) is 14.3. The van der Waals surface area contributed by atoms with Gasteiger partial charge >= 0.3 is 13.8 Å². The predicted molar refractivity (Wildman–Crippen MR) is 291 cm³/mol. The summed E-state index contributed by atoms with van der Waals surface area (Å²) in [5.74, 6) is -0.568. The van der Waals surface area contributed by atoms with Gasteiger partial charge in [0.1, 0.15) is 19.3 Å². The highest BCUT2D eigenvalue weighted by Crippen LogP contribution is 2.43. The molecule has 0 radical (unpaired) electrons. The summed E-state index contributed by atoms with van der Waals surface area (Å²) in [4.78, 5) is 37.5. The third-order valence-corrected chi connectivity index (χ3v) is 13.2. The van der Waals surface area contributed by atoms with Gasteiger partial charge in [0.25, 0.3) is 0 Å². The van der Waals surface area contributed by atoms with Gasteiger partial charge in [0.15, 0.2) is 0 Å². The van der Waals surface area contributed by atoms with Crippen LogP contribution in [0.2, 0.25) is 0 Å². The van der Waals surface area contributed by atoms with Gasteiger partial charge in [-0.25, -0.2) is 4.57 Å². The number of hydrogen-bond acceptors (Lipinski definition) is 6. The van der Waals surface area contributed by atoms with E-state index in [4.69, 9.17) is 13.8 Å². The zero-order valence-corrected chi connectivity index (χ0v) is 46.0. The molecule has 396 valence electrons. The van der Waals surface area contributed by atoms with Crippen molar-refractivity contribution in [1.82, 2.24) is 5.32 Å². The van der Waals surface area contributed by atoms with Crippen molar-refractivity contribution in [3.05, 3.63) is 60.8 Å². The molecule has 0 aromatic heterocycles. The number of likely N-dealkylation sites (N-methyl/N-ethyl adjacent to an activating group) is 1. The lowest BCUT2D eigenvalue weighted by molar-refractivity contribution is -0.870. The molecule has 0 aromatic carbocycles. The second-order valence-corrected chi connectivity index (χ2v) is 21.6. The molecule has 3 atom stereocenters. The second-order valence-electron chi connectivity index (χ2n) is 20.1. The van der Waals surface area contributed by atoms with E-state index in [9.17, 15) is 19.0 Å². The van der Waals surface area contributed by atoms with Crippen molar-refractivity contribution in [3.8, 4) is 0 Å². The molecule has 0 aliphatic rings. The molecule has 0 saturated heterocycles. The average Bonchev–Trinajstić information content (AvgIpc) is 3.29. The molecule has 0 fully saturated rings. The van der Waals surface area contributed by atoms with Crippen LogP contribution >= 0.6 is 7.82 Å². The van der Waals surface area contributed by atoms with Crippen molar-refractivity contribution >= 4 is 19.7 Å². The number of quaternary nitrogens is 1. The number of phosphoric ester groups is 1. The SMILES string of the molecule is CCCCC/C=C\C/C=C\C/C=C\C/C=C\CCCC(=O)OC(/C=C/CCCCCCCCCCC)C(COP(=O)(O)OCC[N+](C)(C)C)NC(=O)CCCCCCCCCCCCCCCC. The maximum absolute atomic E-state index is 13.5. The van der Waals surface area contributed by atoms with Gasteiger partial charge in [-0.05, 0) is 70.3 Å². The van der Waals surface area contributed by atoms with Crippen molar-refractivity contribution < 1.29 is 37.3 Å². The average molecular weight is 976 g/mol. The quantitative estimate of drug-likeness (QED) is 0.0205. The topological polar surface area (TPSA) is 111 Å². The molecular weight excluding hydrogens is 868 g/mol. The number of ether oxygens (including phenoxy) is 1. The minimum absolute atomic E-state index is 0.0317. The molecule has 68 heavy (non-hydrogen) atoms. The number of nitrogens with one attached hydrogen (secondary N) is 1. The van der Waals surface area contributed by atoms with E-state index in [0.29, 0.717) is 23.9 Å². The van der Waals surface area contributed by atoms with Gasteiger partial charge in [-0.15, -0.1) is 0 Å². The summed E-state index contributed by atoms with van der Waals surface area (Å²) in [6.45, 7) is 6.94. The van der Waals surface area contributed by atoms with Crippen molar-refractivity contribution in [2.45, 2.75) is 258 Å². The fraction of sp³-hybridized carbons (Fsp3) is 0.793. The Kier molecular flexibility index (Phi) is 46.7. The van der Waals surface area contributed by atoms with Crippen LogP contribution in [0.3, 0.4) is 0 Å². The largest absolute Gasteiger partial charge is 0.472 e. The molecule has 0 rings (SSSR count). The summed E-state index contributed by atoms with van der Waals surface area (Å²) in [6.07, 6.45) is 59.3. The van der Waals surface area contributed by atoms with Gasteiger partial charge in [0, 0.05) is 12.8 Å². The lowest BCUT2D eigenvalue weighted by atomic mass is 10.0. The van der Waals surface area contributed by atoms with Gasteiger partial charge in [0.05, 0.1) is 33.8 Å². The number of unbranched alkanes of at least 4 members (excludes halogenated alkanes) is 26. The van der Waals surface area contributed by atoms with E-state index in [-0.39, 0.29) is 31.5 Å². The van der Waals surface area contributed by atoms with E-state index in [1.54, 1.807) is 0 Å². The molecule has 9 nitrogen and oxygen atoms in total. The Balaban J connectivity index is 5.43. The van der Waals surface area contributed by atoms with Crippen LogP contribution in [-0.2, 0) is 27.9 Å². The van der Waals surface area contributed by atoms with Gasteiger partial charge in [0.2, 0.25) is 5.91 Å². The summed E-state index contributed by atoms with van der Waals surface area (Å²) in [5, 5.41) is 3.03. The Morgan fingerprint density at radius 1 is 0.515 bits per heavy atom. The van der Waals surface area contributed by atoms with Crippen LogP contribution in [0.15, 0.2) is 60.8 Å². The number of rotatable bonds is 50. The first-order chi connectivity index (χ1) is 32.9. The molecule has 0 spiro atoms. The van der Waals surface area contributed by atoms with Crippen LogP contribution in [0.25, 0.3) is 0 Å². The van der Waals surface area contributed by atoms with E-state index in [1.165, 1.54) is 141 Å². The molecular formula is C58H108N2O7P+. The van der Waals surface area contributed by atoms with Gasteiger partial charge < -0.3 is 19.4 Å². The van der Waals surface area contributed by atoms with E-state index < -0.39 is 20.0 Å². The van der Waals surface area contributed by atoms with E-state index in [1.807, 2.05) is 33.3 Å². The van der Waals surface area contributed by atoms with Gasteiger partial charge in [-0.1, -0.05) is 223 Å². The van der Waals surface area contributed by atoms with E-state index in [2.05, 4.69) is 74.7 Å². The van der Waals surface area contributed by atoms with E-state index >= 15 is 0 Å². The highest BCUT2D eigenvalue weighted by Gasteiger charge is 2.30. The van der Waals surface area contributed by atoms with Crippen molar-refractivity contribution in [3.63, 3.8) is 0 Å². The lowest BCUT2D eigenvalue weighted by Gasteiger charge is -2.27. The van der Waals surface area contributed by atoms with E-state index in [0.717, 1.165) is 64.2 Å². The lowest BCUT2D eigenvalue weighted by Crippen LogP contribution is -2.47. The standard InChI is InChI=1S/C58H107N2O7P/c1-7-10-13-16-19-22-25-27-29-30-31-33-36-39-42-45-48-51-58(62)67-56(49-46-43-40-37-34-24-21-18-15-12-9-3)55(54-66-68(63,64)65-53-52-60(4,5)6)59-57(61)50-47-44-41-38-35-32-28-26-23-20-17-14-11-8-2/h19,22,27,29,31,33,39,42,46,49,55-56H,7-18,20-21,23-26,28,30,32,34-38,40-41,43-45,47-48,50-54H2,1-6H3,(H-,59,61,63,64)/p+1/b22-19-,29-27-,33-31-,42-39-,49-46+. The highest BCUT2D eigenvalue weighted by atomic mass is 31.2. The smallest absolute Gasteiger partial charge is 0.456 e. The zero-order chi connectivity index (χ0) is 50.1. The van der Waals surface area contributed by atoms with Crippen molar-refractivity contribution in [1.29, 1.82) is 0 Å². The van der Waals surface area contributed by atoms with Crippen molar-refractivity contribution in [2.75, 3.05) is 40.9 Å². The molecule has 10 heteroatoms. The van der Waals surface area contributed by atoms with Gasteiger partial charge in [-0.2, -0.15) is 0 Å². The Bertz CT molecular complexity index is 1350. The second kappa shape index (κ2) is 48.3. The Hall–Kier alpha value is -2.29. The number of nitrogens with zero attached hydrogens (tertiary/aromatic N) is 1. The Morgan fingerprint density at radius 3 is 1.40 bits per heavy atom. The third kappa shape index (κ3) is 48.7. The maximum Gasteiger partial charge on any atom is 0.472 e. The molecule has 0 aliphatic heterocycles. The Labute approximate surface area is 420 Å². The minimum Gasteiger partial charge on any atom is -0.456 e. The highest BCUT2D eigenvalue weighted by molar-refractivity contribution is 7.47. The monoisotopic (exact) mass is 976 g/mol. The molecule has 2 N–H and O–H groups in total. The molecule has 3 unspecified atom stereocenters. The van der Waals surface area contributed by atoms with Crippen molar-refractivity contribution in [2.24, 2.45) is 0 Å². The zero-order valence-electron chi connectivity index (χ0n) is 45.1. The number of carbonyl (C=O) groups is 2. The Morgan fingerprint density at radius 2 is 0.912 bits per heavy atom. The number of esters is 1. The van der Waals surface area contributed by atoms with Gasteiger partial charge in [-0.3, -0.25) is 18.6 Å². The first-order valence-corrected chi connectivity index (χ1v) is 29.6. The number of phosphoric acid groups is 1. The van der Waals surface area contributed by atoms with Crippen LogP contribution in [0, 0.1) is 0 Å². The minimum atomic E-state index is -4.45.